The summed E-state index contributed by atoms with van der Waals surface area (Å²) in [4.78, 5) is 28.0. The van der Waals surface area contributed by atoms with Crippen molar-refractivity contribution in [2.24, 2.45) is 0 Å². The number of carbonyl (C=O) groups is 2. The predicted molar refractivity (Wildman–Crippen MR) is 116 cm³/mol. The summed E-state index contributed by atoms with van der Waals surface area (Å²) in [7, 11) is 0. The first-order valence-electron chi connectivity index (χ1n) is 9.31. The molecule has 0 fully saturated rings. The monoisotopic (exact) mass is 409 g/mol. The minimum atomic E-state index is -0.379. The Hall–Kier alpha value is -3.13. The topological polar surface area (TPSA) is 99.8 Å². The molecule has 0 spiro atoms. The zero-order chi connectivity index (χ0) is 20.8. The van der Waals surface area contributed by atoms with Gasteiger partial charge in [-0.25, -0.2) is 4.98 Å². The van der Waals surface area contributed by atoms with Crippen molar-refractivity contribution in [1.82, 2.24) is 15.2 Å². The molecule has 0 aliphatic carbocycles. The number of hydrogen-bond acceptors (Lipinski definition) is 5. The number of aryl methyl sites for hydroxylation is 1. The Balaban J connectivity index is 1.58. The number of nitrogens with one attached hydrogen (secondary N) is 3. The molecule has 3 aromatic rings. The molecular weight excluding hydrogens is 386 g/mol. The lowest BCUT2D eigenvalue weighted by molar-refractivity contribution is -0.115. The van der Waals surface area contributed by atoms with Gasteiger partial charge in [-0.15, -0.1) is 5.10 Å². The Morgan fingerprint density at radius 3 is 2.24 bits per heavy atom. The van der Waals surface area contributed by atoms with Gasteiger partial charge in [0.2, 0.25) is 17.0 Å². The summed E-state index contributed by atoms with van der Waals surface area (Å²) in [6, 6.07) is 15.1. The molecule has 0 saturated heterocycles. The quantitative estimate of drug-likeness (QED) is 0.510. The van der Waals surface area contributed by atoms with Gasteiger partial charge < -0.3 is 10.6 Å². The largest absolute Gasteiger partial charge is 0.326 e. The van der Waals surface area contributed by atoms with Crippen LogP contribution in [0.5, 0.6) is 0 Å². The minimum Gasteiger partial charge on any atom is -0.326 e. The summed E-state index contributed by atoms with van der Waals surface area (Å²) in [5.41, 5.74) is 3.55. The number of nitrogens with zero attached hydrogens (tertiary/aromatic N) is 2. The molecule has 0 aliphatic heterocycles. The lowest BCUT2D eigenvalue weighted by atomic mass is 10.1. The molecule has 0 unspecified atom stereocenters. The van der Waals surface area contributed by atoms with Crippen LogP contribution in [0.3, 0.4) is 0 Å². The standard InChI is InChI=1S/C21H23N5O2S/c1-4-15-5-7-16(8-6-15)19-24-21(26-25-19)29-13(2)20(28)23-18-11-9-17(10-12-18)22-14(3)27/h5-13H,4H2,1-3H3,(H,22,27)(H,23,28)(H,24,25,26)/t13-/m0/s1. The van der Waals surface area contributed by atoms with Gasteiger partial charge in [0, 0.05) is 23.9 Å². The Labute approximate surface area is 173 Å². The normalized spacial score (nSPS) is 11.7. The highest BCUT2D eigenvalue weighted by Gasteiger charge is 2.17. The van der Waals surface area contributed by atoms with Crippen molar-refractivity contribution in [2.45, 2.75) is 37.6 Å². The number of benzene rings is 2. The van der Waals surface area contributed by atoms with Gasteiger partial charge in [-0.2, -0.15) is 0 Å². The molecule has 2 aromatic carbocycles. The van der Waals surface area contributed by atoms with Gasteiger partial charge in [0.1, 0.15) is 0 Å². The van der Waals surface area contributed by atoms with E-state index in [-0.39, 0.29) is 17.1 Å². The summed E-state index contributed by atoms with van der Waals surface area (Å²) < 4.78 is 0. The maximum Gasteiger partial charge on any atom is 0.237 e. The highest BCUT2D eigenvalue weighted by Crippen LogP contribution is 2.24. The van der Waals surface area contributed by atoms with E-state index in [1.807, 2.05) is 12.1 Å². The molecule has 7 nitrogen and oxygen atoms in total. The third-order valence-electron chi connectivity index (χ3n) is 4.22. The van der Waals surface area contributed by atoms with Gasteiger partial charge >= 0.3 is 0 Å². The van der Waals surface area contributed by atoms with E-state index in [0.717, 1.165) is 12.0 Å². The van der Waals surface area contributed by atoms with Crippen molar-refractivity contribution in [2.75, 3.05) is 10.6 Å². The van der Waals surface area contributed by atoms with E-state index in [0.29, 0.717) is 22.4 Å². The third-order valence-corrected chi connectivity index (χ3v) is 5.19. The smallest absolute Gasteiger partial charge is 0.237 e. The molecular formula is C21H23N5O2S. The lowest BCUT2D eigenvalue weighted by Crippen LogP contribution is -2.22. The van der Waals surface area contributed by atoms with Crippen molar-refractivity contribution >= 4 is 35.0 Å². The number of H-pyrrole nitrogens is 1. The molecule has 0 radical (unpaired) electrons. The van der Waals surface area contributed by atoms with Gasteiger partial charge in [-0.3, -0.25) is 14.7 Å². The van der Waals surface area contributed by atoms with Gasteiger partial charge in [0.15, 0.2) is 5.82 Å². The first-order valence-corrected chi connectivity index (χ1v) is 10.2. The van der Waals surface area contributed by atoms with Crippen LogP contribution in [0.15, 0.2) is 53.7 Å². The molecule has 29 heavy (non-hydrogen) atoms. The SMILES string of the molecule is CCc1ccc(-c2nc(S[C@@H](C)C(=O)Nc3ccc(NC(C)=O)cc3)n[nH]2)cc1. The number of rotatable bonds is 7. The van der Waals surface area contributed by atoms with Crippen molar-refractivity contribution < 1.29 is 9.59 Å². The molecule has 3 rings (SSSR count). The van der Waals surface area contributed by atoms with E-state index in [2.05, 4.69) is 44.9 Å². The highest BCUT2D eigenvalue weighted by molar-refractivity contribution is 8.00. The average Bonchev–Trinajstić information content (AvgIpc) is 3.17. The fourth-order valence-electron chi connectivity index (χ4n) is 2.62. The first-order chi connectivity index (χ1) is 13.9. The Bertz CT molecular complexity index is 983. The van der Waals surface area contributed by atoms with Gasteiger partial charge in [-0.05, 0) is 43.2 Å². The fourth-order valence-corrected chi connectivity index (χ4v) is 3.35. The molecule has 2 amide bonds. The number of thioether (sulfide) groups is 1. The van der Waals surface area contributed by atoms with Crippen LogP contribution in [0.4, 0.5) is 11.4 Å². The average molecular weight is 410 g/mol. The van der Waals surface area contributed by atoms with Crippen LogP contribution >= 0.6 is 11.8 Å². The zero-order valence-corrected chi connectivity index (χ0v) is 17.3. The first kappa shape index (κ1) is 20.6. The molecule has 3 N–H and O–H groups in total. The molecule has 0 bridgehead atoms. The Morgan fingerprint density at radius 2 is 1.66 bits per heavy atom. The third kappa shape index (κ3) is 5.68. The maximum absolute atomic E-state index is 12.5. The number of anilines is 2. The van der Waals surface area contributed by atoms with Crippen LogP contribution in [0.2, 0.25) is 0 Å². The van der Waals surface area contributed by atoms with Crippen molar-refractivity contribution in [1.29, 1.82) is 0 Å². The lowest BCUT2D eigenvalue weighted by Gasteiger charge is -2.10. The van der Waals surface area contributed by atoms with Crippen molar-refractivity contribution in [3.8, 4) is 11.4 Å². The molecule has 150 valence electrons. The number of aromatic amines is 1. The van der Waals surface area contributed by atoms with E-state index in [4.69, 9.17) is 0 Å². The van der Waals surface area contributed by atoms with Crippen LogP contribution in [-0.4, -0.2) is 32.2 Å². The Morgan fingerprint density at radius 1 is 1.03 bits per heavy atom. The van der Waals surface area contributed by atoms with Gasteiger partial charge in [-0.1, -0.05) is 43.0 Å². The van der Waals surface area contributed by atoms with Gasteiger partial charge in [0.25, 0.3) is 0 Å². The van der Waals surface area contributed by atoms with E-state index >= 15 is 0 Å². The number of carbonyl (C=O) groups excluding carboxylic acids is 2. The maximum atomic E-state index is 12.5. The summed E-state index contributed by atoms with van der Waals surface area (Å²) in [6.07, 6.45) is 0.986. The second-order valence-electron chi connectivity index (χ2n) is 6.52. The molecule has 1 heterocycles. The van der Waals surface area contributed by atoms with Crippen LogP contribution < -0.4 is 10.6 Å². The summed E-state index contributed by atoms with van der Waals surface area (Å²) in [5, 5.41) is 12.8. The van der Waals surface area contributed by atoms with E-state index in [1.54, 1.807) is 31.2 Å². The molecule has 1 atom stereocenters. The molecule has 0 aliphatic rings. The van der Waals surface area contributed by atoms with Crippen LogP contribution in [0, 0.1) is 0 Å². The van der Waals surface area contributed by atoms with Gasteiger partial charge in [0.05, 0.1) is 5.25 Å². The highest BCUT2D eigenvalue weighted by atomic mass is 32.2. The minimum absolute atomic E-state index is 0.140. The second-order valence-corrected chi connectivity index (χ2v) is 7.83. The van der Waals surface area contributed by atoms with Crippen LogP contribution in [-0.2, 0) is 16.0 Å². The predicted octanol–water partition coefficient (Wildman–Crippen LogP) is 4.11. The second kappa shape index (κ2) is 9.38. The van der Waals surface area contributed by atoms with E-state index < -0.39 is 0 Å². The van der Waals surface area contributed by atoms with E-state index in [9.17, 15) is 9.59 Å². The van der Waals surface area contributed by atoms with E-state index in [1.165, 1.54) is 24.2 Å². The number of hydrogen-bond donors (Lipinski definition) is 3. The van der Waals surface area contributed by atoms with Crippen LogP contribution in [0.1, 0.15) is 26.3 Å². The summed E-state index contributed by atoms with van der Waals surface area (Å²) in [6.45, 7) is 5.36. The molecule has 1 aromatic heterocycles. The van der Waals surface area contributed by atoms with Crippen molar-refractivity contribution in [3.63, 3.8) is 0 Å². The zero-order valence-electron chi connectivity index (χ0n) is 16.5. The fraction of sp³-hybridized carbons (Fsp3) is 0.238. The summed E-state index contributed by atoms with van der Waals surface area (Å²) in [5.74, 6) is 0.385. The number of amides is 2. The van der Waals surface area contributed by atoms with Crippen molar-refractivity contribution in [3.05, 3.63) is 54.1 Å². The Kier molecular flexibility index (Phi) is 6.66. The molecule has 0 saturated carbocycles. The molecule has 8 heteroatoms. The summed E-state index contributed by atoms with van der Waals surface area (Å²) >= 11 is 1.28. The van der Waals surface area contributed by atoms with Crippen LogP contribution in [0.25, 0.3) is 11.4 Å². The number of aromatic nitrogens is 3.